The van der Waals surface area contributed by atoms with Crippen molar-refractivity contribution in [1.29, 1.82) is 5.26 Å². The second-order valence-electron chi connectivity index (χ2n) is 6.64. The van der Waals surface area contributed by atoms with Crippen molar-refractivity contribution in [3.8, 4) is 17.3 Å². The molecule has 0 amide bonds. The van der Waals surface area contributed by atoms with Crippen molar-refractivity contribution in [2.75, 3.05) is 11.9 Å². The molecular formula is C20H17FN6. The highest BCUT2D eigenvalue weighted by Gasteiger charge is 2.41. The van der Waals surface area contributed by atoms with Gasteiger partial charge in [-0.15, -0.1) is 10.2 Å². The summed E-state index contributed by atoms with van der Waals surface area (Å²) in [5, 5.41) is 20.8. The maximum absolute atomic E-state index is 14.2. The molecule has 0 radical (unpaired) electrons. The number of hydrogen-bond donors (Lipinski definition) is 1. The van der Waals surface area contributed by atoms with Crippen LogP contribution < -0.4 is 5.32 Å². The van der Waals surface area contributed by atoms with Crippen LogP contribution in [0.5, 0.6) is 0 Å². The molecule has 0 atom stereocenters. The first kappa shape index (κ1) is 17.0. The maximum atomic E-state index is 14.2. The number of aromatic nitrogens is 4. The van der Waals surface area contributed by atoms with Gasteiger partial charge in [0.25, 0.3) is 0 Å². The van der Waals surface area contributed by atoms with Crippen LogP contribution >= 0.6 is 0 Å². The molecule has 0 spiro atoms. The Labute approximate surface area is 156 Å². The summed E-state index contributed by atoms with van der Waals surface area (Å²) in [6.07, 6.45) is 6.04. The highest BCUT2D eigenvalue weighted by molar-refractivity contribution is 5.65. The van der Waals surface area contributed by atoms with Crippen molar-refractivity contribution in [1.82, 2.24) is 20.2 Å². The van der Waals surface area contributed by atoms with Crippen LogP contribution in [0, 0.1) is 17.1 Å². The number of nitriles is 1. The van der Waals surface area contributed by atoms with E-state index in [1.807, 2.05) is 0 Å². The minimum Gasteiger partial charge on any atom is -0.368 e. The van der Waals surface area contributed by atoms with Gasteiger partial charge in [0, 0.05) is 29.9 Å². The Hall–Kier alpha value is -3.40. The van der Waals surface area contributed by atoms with E-state index in [9.17, 15) is 4.39 Å². The zero-order valence-corrected chi connectivity index (χ0v) is 14.6. The van der Waals surface area contributed by atoms with E-state index >= 15 is 0 Å². The van der Waals surface area contributed by atoms with Crippen LogP contribution in [-0.4, -0.2) is 26.7 Å². The van der Waals surface area contributed by atoms with Gasteiger partial charge >= 0.3 is 0 Å². The minimum atomic E-state index is -0.303. The second-order valence-corrected chi connectivity index (χ2v) is 6.64. The smallest absolute Gasteiger partial charge is 0.149 e. The fourth-order valence-electron chi connectivity index (χ4n) is 3.41. The van der Waals surface area contributed by atoms with Gasteiger partial charge in [-0.05, 0) is 49.2 Å². The third-order valence-electron chi connectivity index (χ3n) is 5.03. The van der Waals surface area contributed by atoms with Gasteiger partial charge in [0.15, 0.2) is 0 Å². The molecule has 134 valence electrons. The summed E-state index contributed by atoms with van der Waals surface area (Å²) in [6, 6.07) is 12.3. The monoisotopic (exact) mass is 360 g/mol. The van der Waals surface area contributed by atoms with E-state index in [1.54, 1.807) is 42.7 Å². The molecule has 1 aliphatic rings. The van der Waals surface area contributed by atoms with Gasteiger partial charge in [-0.25, -0.2) is 9.37 Å². The van der Waals surface area contributed by atoms with Gasteiger partial charge in [-0.2, -0.15) is 5.26 Å². The first-order chi connectivity index (χ1) is 13.2. The van der Waals surface area contributed by atoms with Gasteiger partial charge in [0.1, 0.15) is 23.4 Å². The van der Waals surface area contributed by atoms with E-state index < -0.39 is 0 Å². The van der Waals surface area contributed by atoms with Gasteiger partial charge in [0.05, 0.1) is 11.4 Å². The Balaban J connectivity index is 1.51. The summed E-state index contributed by atoms with van der Waals surface area (Å²) in [5.41, 5.74) is 1.75. The molecule has 27 heavy (non-hydrogen) atoms. The highest BCUT2D eigenvalue weighted by Crippen LogP contribution is 2.43. The lowest BCUT2D eigenvalue weighted by Gasteiger charge is -2.41. The average molecular weight is 360 g/mol. The predicted octanol–water partition coefficient (Wildman–Crippen LogP) is 3.48. The molecule has 3 aromatic rings. The summed E-state index contributed by atoms with van der Waals surface area (Å²) in [6.45, 7) is 0.547. The molecule has 1 fully saturated rings. The molecule has 7 heteroatoms. The lowest BCUT2D eigenvalue weighted by atomic mass is 9.66. The first-order valence-electron chi connectivity index (χ1n) is 8.76. The molecular weight excluding hydrogens is 343 g/mol. The number of halogens is 1. The number of pyridine rings is 2. The number of nitrogens with one attached hydrogen (secondary N) is 1. The van der Waals surface area contributed by atoms with Gasteiger partial charge in [0.2, 0.25) is 0 Å². The Morgan fingerprint density at radius 3 is 2.56 bits per heavy atom. The summed E-state index contributed by atoms with van der Waals surface area (Å²) in [4.78, 5) is 8.31. The Morgan fingerprint density at radius 2 is 1.89 bits per heavy atom. The predicted molar refractivity (Wildman–Crippen MR) is 98.2 cm³/mol. The van der Waals surface area contributed by atoms with E-state index in [-0.39, 0.29) is 11.2 Å². The topological polar surface area (TPSA) is 87.4 Å². The van der Waals surface area contributed by atoms with Crippen molar-refractivity contribution in [3.05, 3.63) is 66.0 Å². The molecule has 3 aromatic heterocycles. The van der Waals surface area contributed by atoms with E-state index in [0.29, 0.717) is 35.0 Å². The number of anilines is 1. The zero-order valence-electron chi connectivity index (χ0n) is 14.6. The number of nitrogens with zero attached hydrogens (tertiary/aromatic N) is 5. The minimum absolute atomic E-state index is 0.263. The normalized spacial score (nSPS) is 14.8. The third-order valence-corrected chi connectivity index (χ3v) is 5.03. The molecule has 0 saturated heterocycles. The first-order valence-corrected chi connectivity index (χ1v) is 8.76. The highest BCUT2D eigenvalue weighted by atomic mass is 19.1. The van der Waals surface area contributed by atoms with E-state index in [2.05, 4.69) is 31.6 Å². The molecule has 0 bridgehead atoms. The summed E-state index contributed by atoms with van der Waals surface area (Å²) in [5.74, 6) is 0.338. The summed E-state index contributed by atoms with van der Waals surface area (Å²) in [7, 11) is 0. The molecule has 3 heterocycles. The van der Waals surface area contributed by atoms with Gasteiger partial charge in [-0.1, -0.05) is 6.42 Å². The largest absolute Gasteiger partial charge is 0.368 e. The van der Waals surface area contributed by atoms with E-state index in [4.69, 9.17) is 5.26 Å². The van der Waals surface area contributed by atoms with Crippen molar-refractivity contribution < 1.29 is 4.39 Å². The Kier molecular flexibility index (Phi) is 4.47. The quantitative estimate of drug-likeness (QED) is 0.749. The molecule has 1 N–H and O–H groups in total. The van der Waals surface area contributed by atoms with Crippen LogP contribution in [0.25, 0.3) is 11.3 Å². The molecule has 0 unspecified atom stereocenters. The van der Waals surface area contributed by atoms with Crippen LogP contribution in [0.15, 0.2) is 48.8 Å². The summed E-state index contributed by atoms with van der Waals surface area (Å²) < 4.78 is 14.2. The van der Waals surface area contributed by atoms with E-state index in [1.165, 1.54) is 6.07 Å². The molecule has 6 nitrogen and oxygen atoms in total. The maximum Gasteiger partial charge on any atom is 0.149 e. The standard InChI is InChI=1S/C20H17FN6/c21-15-5-2-11-24-19(15)20(8-3-9-20)13-25-18-7-6-16(26-27-18)14-4-1-10-23-17(14)12-22/h1-2,4-7,10-11H,3,8-9,13H2,(H,25,27). The van der Waals surface area contributed by atoms with Crippen molar-refractivity contribution in [2.24, 2.45) is 0 Å². The molecule has 0 aliphatic heterocycles. The lowest BCUT2D eigenvalue weighted by Crippen LogP contribution is -2.42. The molecule has 1 aliphatic carbocycles. The van der Waals surface area contributed by atoms with Gasteiger partial charge in [-0.3, -0.25) is 4.98 Å². The van der Waals surface area contributed by atoms with Crippen LogP contribution in [0.4, 0.5) is 10.2 Å². The second kappa shape index (κ2) is 7.08. The fourth-order valence-corrected chi connectivity index (χ4v) is 3.41. The van der Waals surface area contributed by atoms with Gasteiger partial charge < -0.3 is 5.32 Å². The van der Waals surface area contributed by atoms with Crippen molar-refractivity contribution in [2.45, 2.75) is 24.7 Å². The van der Waals surface area contributed by atoms with Crippen LogP contribution in [-0.2, 0) is 5.41 Å². The third kappa shape index (κ3) is 3.22. The average Bonchev–Trinajstić information content (AvgIpc) is 2.69. The van der Waals surface area contributed by atoms with Crippen molar-refractivity contribution >= 4 is 5.82 Å². The van der Waals surface area contributed by atoms with Crippen molar-refractivity contribution in [3.63, 3.8) is 0 Å². The fraction of sp³-hybridized carbons (Fsp3) is 0.250. The number of rotatable bonds is 5. The van der Waals surface area contributed by atoms with Crippen LogP contribution in [0.2, 0.25) is 0 Å². The summed E-state index contributed by atoms with van der Waals surface area (Å²) >= 11 is 0. The van der Waals surface area contributed by atoms with Crippen LogP contribution in [0.3, 0.4) is 0 Å². The molecule has 4 rings (SSSR count). The Morgan fingerprint density at radius 1 is 1.07 bits per heavy atom. The zero-order chi connectivity index (χ0) is 18.7. The molecule has 0 aromatic carbocycles. The van der Waals surface area contributed by atoms with E-state index in [0.717, 1.165) is 19.3 Å². The molecule has 1 saturated carbocycles. The number of hydrogen-bond acceptors (Lipinski definition) is 6. The lowest BCUT2D eigenvalue weighted by molar-refractivity contribution is 0.243. The van der Waals surface area contributed by atoms with Crippen LogP contribution in [0.1, 0.15) is 30.7 Å². The SMILES string of the molecule is N#Cc1ncccc1-c1ccc(NCC2(c3ncccc3F)CCC2)nn1. The Bertz CT molecular complexity index is 992.